The van der Waals surface area contributed by atoms with Crippen LogP contribution < -0.4 is 14.4 Å². The maximum Gasteiger partial charge on any atom is 0.262 e. The monoisotopic (exact) mass is 369 g/mol. The molecule has 0 bridgehead atoms. The first-order valence-electron chi connectivity index (χ1n) is 8.43. The molecular weight excluding hydrogens is 350 g/mol. The molecule has 134 valence electrons. The first-order valence-corrected chi connectivity index (χ1v) is 9.31. The Morgan fingerprint density at radius 1 is 1.12 bits per heavy atom. The number of carbonyl (C=O) groups excluding carboxylic acids is 1. The standard InChI is InChI=1S/C20H19NO4S/c1-13-10-17(14(2)25-13)20(22)21(12-16-4-3-9-26-16)15-5-6-18-19(11-15)24-8-7-23-18/h3-6,9-11H,7-8,12H2,1-2H3. The van der Waals surface area contributed by atoms with Crippen molar-refractivity contribution in [1.29, 1.82) is 0 Å². The summed E-state index contributed by atoms with van der Waals surface area (Å²) in [6.45, 7) is 5.19. The minimum absolute atomic E-state index is 0.0931. The summed E-state index contributed by atoms with van der Waals surface area (Å²) in [5.41, 5.74) is 1.35. The molecule has 1 aromatic carbocycles. The van der Waals surface area contributed by atoms with E-state index in [4.69, 9.17) is 13.9 Å². The Balaban J connectivity index is 1.73. The lowest BCUT2D eigenvalue weighted by Gasteiger charge is -2.25. The summed E-state index contributed by atoms with van der Waals surface area (Å²) in [7, 11) is 0. The maximum atomic E-state index is 13.3. The highest BCUT2D eigenvalue weighted by atomic mass is 32.1. The molecule has 0 atom stereocenters. The van der Waals surface area contributed by atoms with Gasteiger partial charge in [0.1, 0.15) is 24.7 Å². The van der Waals surface area contributed by atoms with E-state index < -0.39 is 0 Å². The molecule has 0 radical (unpaired) electrons. The normalized spacial score (nSPS) is 12.8. The van der Waals surface area contributed by atoms with Crippen LogP contribution in [0.1, 0.15) is 26.8 Å². The minimum atomic E-state index is -0.0931. The Hall–Kier alpha value is -2.73. The zero-order valence-electron chi connectivity index (χ0n) is 14.7. The smallest absolute Gasteiger partial charge is 0.262 e. The Morgan fingerprint density at radius 3 is 2.62 bits per heavy atom. The van der Waals surface area contributed by atoms with Crippen molar-refractivity contribution in [3.63, 3.8) is 0 Å². The van der Waals surface area contributed by atoms with Gasteiger partial charge in [0.2, 0.25) is 0 Å². The third kappa shape index (κ3) is 3.20. The number of hydrogen-bond acceptors (Lipinski definition) is 5. The molecule has 2 aromatic heterocycles. The summed E-state index contributed by atoms with van der Waals surface area (Å²) in [5, 5.41) is 2.01. The summed E-state index contributed by atoms with van der Waals surface area (Å²) in [6, 6.07) is 11.4. The fourth-order valence-corrected chi connectivity index (χ4v) is 3.72. The summed E-state index contributed by atoms with van der Waals surface area (Å²) < 4.78 is 16.8. The van der Waals surface area contributed by atoms with Gasteiger partial charge in [-0.05, 0) is 43.5 Å². The lowest BCUT2D eigenvalue weighted by Crippen LogP contribution is -2.30. The number of amides is 1. The van der Waals surface area contributed by atoms with E-state index in [1.54, 1.807) is 22.3 Å². The van der Waals surface area contributed by atoms with Crippen LogP contribution in [-0.2, 0) is 6.54 Å². The number of hydrogen-bond donors (Lipinski definition) is 0. The number of thiophene rings is 1. The van der Waals surface area contributed by atoms with Crippen LogP contribution in [0.15, 0.2) is 46.2 Å². The Kier molecular flexibility index (Phi) is 4.42. The largest absolute Gasteiger partial charge is 0.486 e. The Bertz CT molecular complexity index is 929. The maximum absolute atomic E-state index is 13.3. The lowest BCUT2D eigenvalue weighted by atomic mass is 10.1. The van der Waals surface area contributed by atoms with E-state index in [0.29, 0.717) is 42.6 Å². The molecule has 3 aromatic rings. The molecule has 0 unspecified atom stereocenters. The van der Waals surface area contributed by atoms with Gasteiger partial charge in [-0.2, -0.15) is 0 Å². The number of furan rings is 1. The number of anilines is 1. The molecule has 3 heterocycles. The highest BCUT2D eigenvalue weighted by Gasteiger charge is 2.24. The number of fused-ring (bicyclic) bond motifs is 1. The summed E-state index contributed by atoms with van der Waals surface area (Å²) in [5.74, 6) is 2.63. The molecule has 1 aliphatic heterocycles. The van der Waals surface area contributed by atoms with E-state index in [2.05, 4.69) is 0 Å². The van der Waals surface area contributed by atoms with Crippen molar-refractivity contribution in [1.82, 2.24) is 0 Å². The second-order valence-corrected chi connectivity index (χ2v) is 7.16. The van der Waals surface area contributed by atoms with E-state index in [0.717, 1.165) is 16.3 Å². The minimum Gasteiger partial charge on any atom is -0.486 e. The van der Waals surface area contributed by atoms with Crippen molar-refractivity contribution < 1.29 is 18.7 Å². The zero-order chi connectivity index (χ0) is 18.1. The van der Waals surface area contributed by atoms with Crippen LogP contribution in [0.5, 0.6) is 11.5 Å². The van der Waals surface area contributed by atoms with E-state index in [1.165, 1.54) is 0 Å². The summed E-state index contributed by atoms with van der Waals surface area (Å²) in [4.78, 5) is 16.1. The van der Waals surface area contributed by atoms with Crippen molar-refractivity contribution >= 4 is 22.9 Å². The van der Waals surface area contributed by atoms with E-state index in [1.807, 2.05) is 49.6 Å². The molecule has 0 fully saturated rings. The molecular formula is C20H19NO4S. The summed E-state index contributed by atoms with van der Waals surface area (Å²) >= 11 is 1.62. The zero-order valence-corrected chi connectivity index (χ0v) is 15.5. The van der Waals surface area contributed by atoms with Crippen LogP contribution in [0.25, 0.3) is 0 Å². The van der Waals surface area contributed by atoms with Gasteiger partial charge in [-0.15, -0.1) is 11.3 Å². The fraction of sp³-hybridized carbons (Fsp3) is 0.250. The molecule has 1 amide bonds. The third-order valence-electron chi connectivity index (χ3n) is 4.25. The van der Waals surface area contributed by atoms with Gasteiger partial charge in [0.05, 0.1) is 12.1 Å². The molecule has 1 aliphatic rings. The number of rotatable bonds is 4. The Labute approximate surface area is 155 Å². The van der Waals surface area contributed by atoms with Crippen molar-refractivity contribution in [3.8, 4) is 11.5 Å². The molecule has 6 heteroatoms. The van der Waals surface area contributed by atoms with Crippen molar-refractivity contribution in [3.05, 3.63) is 63.7 Å². The highest BCUT2D eigenvalue weighted by Crippen LogP contribution is 2.35. The van der Waals surface area contributed by atoms with Gasteiger partial charge in [0.15, 0.2) is 11.5 Å². The van der Waals surface area contributed by atoms with Crippen molar-refractivity contribution in [2.24, 2.45) is 0 Å². The van der Waals surface area contributed by atoms with Crippen molar-refractivity contribution in [2.45, 2.75) is 20.4 Å². The molecule has 0 spiro atoms. The second-order valence-electron chi connectivity index (χ2n) is 6.13. The molecule has 4 rings (SSSR count). The average molecular weight is 369 g/mol. The first-order chi connectivity index (χ1) is 12.6. The number of carbonyl (C=O) groups is 1. The number of nitrogens with zero attached hydrogens (tertiary/aromatic N) is 1. The van der Waals surface area contributed by atoms with Gasteiger partial charge < -0.3 is 18.8 Å². The number of ether oxygens (including phenoxy) is 2. The SMILES string of the molecule is Cc1cc(C(=O)N(Cc2cccs2)c2ccc3c(c2)OCCO3)c(C)o1. The molecule has 0 aliphatic carbocycles. The van der Waals surface area contributed by atoms with Crippen LogP contribution in [0, 0.1) is 13.8 Å². The quantitative estimate of drug-likeness (QED) is 0.676. The molecule has 0 saturated heterocycles. The second kappa shape index (κ2) is 6.88. The van der Waals surface area contributed by atoms with Crippen LogP contribution >= 0.6 is 11.3 Å². The fourth-order valence-electron chi connectivity index (χ4n) is 3.03. The van der Waals surface area contributed by atoms with Crippen molar-refractivity contribution in [2.75, 3.05) is 18.1 Å². The van der Waals surface area contributed by atoms with Gasteiger partial charge >= 0.3 is 0 Å². The van der Waals surface area contributed by atoms with Crippen LogP contribution in [0.4, 0.5) is 5.69 Å². The number of benzene rings is 1. The Morgan fingerprint density at radius 2 is 1.92 bits per heavy atom. The van der Waals surface area contributed by atoms with Crippen LogP contribution in [0.2, 0.25) is 0 Å². The van der Waals surface area contributed by atoms with E-state index >= 15 is 0 Å². The molecule has 0 saturated carbocycles. The third-order valence-corrected chi connectivity index (χ3v) is 5.11. The molecule has 5 nitrogen and oxygen atoms in total. The first kappa shape index (κ1) is 16.7. The van der Waals surface area contributed by atoms with Gasteiger partial charge in [-0.25, -0.2) is 0 Å². The average Bonchev–Trinajstić information content (AvgIpc) is 3.28. The number of aryl methyl sites for hydroxylation is 2. The predicted molar refractivity (Wildman–Crippen MR) is 100 cm³/mol. The van der Waals surface area contributed by atoms with Gasteiger partial charge in [-0.1, -0.05) is 6.07 Å². The predicted octanol–water partition coefficient (Wildman–Crippen LogP) is 4.58. The van der Waals surface area contributed by atoms with Crippen LogP contribution in [-0.4, -0.2) is 19.1 Å². The summed E-state index contributed by atoms with van der Waals surface area (Å²) in [6.07, 6.45) is 0. The van der Waals surface area contributed by atoms with Gasteiger partial charge in [0, 0.05) is 16.6 Å². The lowest BCUT2D eigenvalue weighted by molar-refractivity contribution is 0.0983. The van der Waals surface area contributed by atoms with E-state index in [9.17, 15) is 4.79 Å². The molecule has 0 N–H and O–H groups in total. The van der Waals surface area contributed by atoms with Gasteiger partial charge in [0.25, 0.3) is 5.91 Å². The topological polar surface area (TPSA) is 51.9 Å². The molecule has 26 heavy (non-hydrogen) atoms. The highest BCUT2D eigenvalue weighted by molar-refractivity contribution is 7.09. The van der Waals surface area contributed by atoms with Crippen LogP contribution in [0.3, 0.4) is 0 Å². The van der Waals surface area contributed by atoms with Gasteiger partial charge in [-0.3, -0.25) is 4.79 Å². The van der Waals surface area contributed by atoms with E-state index in [-0.39, 0.29) is 5.91 Å².